The second-order valence-electron chi connectivity index (χ2n) is 4.97. The van der Waals surface area contributed by atoms with Gasteiger partial charge in [-0.05, 0) is 48.7 Å². The van der Waals surface area contributed by atoms with Crippen LogP contribution in [-0.4, -0.2) is 14.3 Å². The lowest BCUT2D eigenvalue weighted by atomic mass is 10.1. The van der Waals surface area contributed by atoms with Crippen molar-refractivity contribution in [2.75, 3.05) is 0 Å². The molecule has 2 rings (SSSR count). The van der Waals surface area contributed by atoms with Crippen molar-refractivity contribution in [1.29, 1.82) is 0 Å². The van der Waals surface area contributed by atoms with Crippen LogP contribution in [0, 0.1) is 0 Å². The zero-order valence-corrected chi connectivity index (χ0v) is 14.5. The maximum Gasteiger partial charge on any atom is 0.264 e. The zero-order valence-electron chi connectivity index (χ0n) is 12.1. The molecule has 0 atom stereocenters. The number of amides is 1. The van der Waals surface area contributed by atoms with E-state index in [1.54, 1.807) is 18.2 Å². The Morgan fingerprint density at radius 1 is 1.00 bits per heavy atom. The van der Waals surface area contributed by atoms with Crippen LogP contribution in [0.2, 0.25) is 10.0 Å². The number of halogens is 2. The molecule has 0 saturated heterocycles. The number of aryl methyl sites for hydroxylation is 1. The molecule has 0 fully saturated rings. The van der Waals surface area contributed by atoms with Crippen molar-refractivity contribution >= 4 is 39.1 Å². The van der Waals surface area contributed by atoms with E-state index in [1.807, 2.05) is 16.9 Å². The predicted molar refractivity (Wildman–Crippen MR) is 91.2 cm³/mol. The van der Waals surface area contributed by atoms with Crippen molar-refractivity contribution in [1.82, 2.24) is 4.72 Å². The molecule has 0 unspecified atom stereocenters. The number of hydrogen-bond acceptors (Lipinski definition) is 3. The summed E-state index contributed by atoms with van der Waals surface area (Å²) in [6.45, 7) is 0. The van der Waals surface area contributed by atoms with Gasteiger partial charge in [-0.15, -0.1) is 0 Å². The molecule has 0 aliphatic carbocycles. The lowest BCUT2D eigenvalue weighted by Crippen LogP contribution is -2.30. The number of sulfonamides is 1. The molecule has 0 aliphatic rings. The average molecular weight is 372 g/mol. The molecule has 1 N–H and O–H groups in total. The molecule has 2 aromatic rings. The molecule has 0 aliphatic heterocycles. The van der Waals surface area contributed by atoms with E-state index >= 15 is 0 Å². The third kappa shape index (κ3) is 5.53. The maximum absolute atomic E-state index is 12.1. The molecule has 0 saturated carbocycles. The first kappa shape index (κ1) is 17.8. The third-order valence-electron chi connectivity index (χ3n) is 3.14. The van der Waals surface area contributed by atoms with Gasteiger partial charge in [-0.3, -0.25) is 4.79 Å². The van der Waals surface area contributed by atoms with E-state index in [2.05, 4.69) is 0 Å². The molecule has 0 aromatic heterocycles. The van der Waals surface area contributed by atoms with E-state index in [1.165, 1.54) is 18.2 Å². The molecular weight excluding hydrogens is 357 g/mol. The molecule has 0 heterocycles. The number of rotatable bonds is 6. The lowest BCUT2D eigenvalue weighted by Gasteiger charge is -2.07. The highest BCUT2D eigenvalue weighted by atomic mass is 35.5. The fraction of sp³-hybridized carbons (Fsp3) is 0.188. The minimum atomic E-state index is -3.88. The van der Waals surface area contributed by atoms with Gasteiger partial charge < -0.3 is 0 Å². The lowest BCUT2D eigenvalue weighted by molar-refractivity contribution is -0.119. The van der Waals surface area contributed by atoms with Gasteiger partial charge in [0.15, 0.2) is 0 Å². The second kappa shape index (κ2) is 7.81. The molecule has 23 heavy (non-hydrogen) atoms. The smallest absolute Gasteiger partial charge is 0.264 e. The monoisotopic (exact) mass is 371 g/mol. The molecule has 0 bridgehead atoms. The Morgan fingerprint density at radius 3 is 2.35 bits per heavy atom. The van der Waals surface area contributed by atoms with Gasteiger partial charge >= 0.3 is 0 Å². The SMILES string of the molecule is O=C(CCCc1ccc(Cl)cc1)NS(=O)(=O)c1cccc(Cl)c1. The summed E-state index contributed by atoms with van der Waals surface area (Å²) < 4.78 is 26.2. The van der Waals surface area contributed by atoms with Crippen molar-refractivity contribution < 1.29 is 13.2 Å². The van der Waals surface area contributed by atoms with Crippen molar-refractivity contribution in [2.45, 2.75) is 24.2 Å². The zero-order chi connectivity index (χ0) is 16.9. The van der Waals surface area contributed by atoms with Crippen LogP contribution in [0.25, 0.3) is 0 Å². The summed E-state index contributed by atoms with van der Waals surface area (Å²) in [4.78, 5) is 11.8. The van der Waals surface area contributed by atoms with Gasteiger partial charge in [0.2, 0.25) is 5.91 Å². The van der Waals surface area contributed by atoms with E-state index < -0.39 is 15.9 Å². The maximum atomic E-state index is 12.1. The van der Waals surface area contributed by atoms with E-state index in [0.29, 0.717) is 22.9 Å². The number of hydrogen-bond donors (Lipinski definition) is 1. The van der Waals surface area contributed by atoms with Crippen molar-refractivity contribution in [3.05, 3.63) is 64.1 Å². The van der Waals surface area contributed by atoms with Gasteiger partial charge in [-0.1, -0.05) is 41.4 Å². The Balaban J connectivity index is 1.88. The molecule has 2 aromatic carbocycles. The van der Waals surface area contributed by atoms with E-state index in [4.69, 9.17) is 23.2 Å². The summed E-state index contributed by atoms with van der Waals surface area (Å²) >= 11 is 11.6. The Kier molecular flexibility index (Phi) is 6.04. The van der Waals surface area contributed by atoms with Crippen molar-refractivity contribution in [3.8, 4) is 0 Å². The number of carbonyl (C=O) groups is 1. The molecule has 1 amide bonds. The summed E-state index contributed by atoms with van der Waals surface area (Å²) in [5.41, 5.74) is 1.04. The van der Waals surface area contributed by atoms with Crippen LogP contribution >= 0.6 is 23.2 Å². The first-order chi connectivity index (χ1) is 10.9. The highest BCUT2D eigenvalue weighted by molar-refractivity contribution is 7.90. The van der Waals surface area contributed by atoms with E-state index in [9.17, 15) is 13.2 Å². The fourth-order valence-corrected chi connectivity index (χ4v) is 3.44. The molecule has 4 nitrogen and oxygen atoms in total. The molecule has 0 spiro atoms. The first-order valence-electron chi connectivity index (χ1n) is 6.92. The standard InChI is InChI=1S/C16H15Cl2NO3S/c17-13-9-7-12(8-10-13)3-1-6-16(20)19-23(21,22)15-5-2-4-14(18)11-15/h2,4-5,7-11H,1,3,6H2,(H,19,20). The topological polar surface area (TPSA) is 63.2 Å². The van der Waals surface area contributed by atoms with Gasteiger partial charge in [-0.2, -0.15) is 0 Å². The molecule has 0 radical (unpaired) electrons. The van der Waals surface area contributed by atoms with Crippen LogP contribution in [0.15, 0.2) is 53.4 Å². The average Bonchev–Trinajstić information content (AvgIpc) is 2.49. The van der Waals surface area contributed by atoms with E-state index in [0.717, 1.165) is 5.56 Å². The first-order valence-corrected chi connectivity index (χ1v) is 9.16. The van der Waals surface area contributed by atoms with Crippen LogP contribution in [0.5, 0.6) is 0 Å². The Bertz CT molecular complexity index is 789. The Morgan fingerprint density at radius 2 is 1.70 bits per heavy atom. The Labute approximate surface area is 145 Å². The van der Waals surface area contributed by atoms with Crippen LogP contribution in [0.4, 0.5) is 0 Å². The number of nitrogens with one attached hydrogen (secondary N) is 1. The van der Waals surface area contributed by atoms with Gasteiger partial charge in [0.1, 0.15) is 0 Å². The van der Waals surface area contributed by atoms with Gasteiger partial charge in [-0.25, -0.2) is 13.1 Å². The van der Waals surface area contributed by atoms with Crippen molar-refractivity contribution in [3.63, 3.8) is 0 Å². The largest absolute Gasteiger partial charge is 0.274 e. The van der Waals surface area contributed by atoms with Crippen molar-refractivity contribution in [2.24, 2.45) is 0 Å². The van der Waals surface area contributed by atoms with Gasteiger partial charge in [0, 0.05) is 16.5 Å². The van der Waals surface area contributed by atoms with Crippen LogP contribution < -0.4 is 4.72 Å². The number of carbonyl (C=O) groups excluding carboxylic acids is 1. The molecule has 7 heteroatoms. The van der Waals surface area contributed by atoms with Gasteiger partial charge in [0.25, 0.3) is 10.0 Å². The number of benzene rings is 2. The Hall–Kier alpha value is -1.56. The minimum Gasteiger partial charge on any atom is -0.274 e. The summed E-state index contributed by atoms with van der Waals surface area (Å²) in [6, 6.07) is 13.1. The highest BCUT2D eigenvalue weighted by Gasteiger charge is 2.17. The van der Waals surface area contributed by atoms with Crippen LogP contribution in [-0.2, 0) is 21.2 Å². The summed E-state index contributed by atoms with van der Waals surface area (Å²) in [7, 11) is -3.88. The van der Waals surface area contributed by atoms with Gasteiger partial charge in [0.05, 0.1) is 4.90 Å². The normalized spacial score (nSPS) is 11.2. The molecular formula is C16H15Cl2NO3S. The third-order valence-corrected chi connectivity index (χ3v) is 5.00. The summed E-state index contributed by atoms with van der Waals surface area (Å²) in [6.07, 6.45) is 1.32. The van der Waals surface area contributed by atoms with E-state index in [-0.39, 0.29) is 11.3 Å². The summed E-state index contributed by atoms with van der Waals surface area (Å²) in [5, 5.41) is 0.946. The van der Waals surface area contributed by atoms with Crippen LogP contribution in [0.1, 0.15) is 18.4 Å². The minimum absolute atomic E-state index is 0.0314. The summed E-state index contributed by atoms with van der Waals surface area (Å²) in [5.74, 6) is -0.543. The fourth-order valence-electron chi connectivity index (χ4n) is 2.00. The van der Waals surface area contributed by atoms with Crippen LogP contribution in [0.3, 0.4) is 0 Å². The second-order valence-corrected chi connectivity index (χ2v) is 7.52. The molecule has 122 valence electrons. The highest BCUT2D eigenvalue weighted by Crippen LogP contribution is 2.16. The quantitative estimate of drug-likeness (QED) is 0.839. The predicted octanol–water partition coefficient (Wildman–Crippen LogP) is 3.82.